The molecule has 5 heteroatoms. The number of nitrogens with zero attached hydrogens (tertiary/aromatic N) is 1. The van der Waals surface area contributed by atoms with E-state index >= 15 is 0 Å². The Morgan fingerprint density at radius 2 is 2.00 bits per heavy atom. The molecule has 106 valence electrons. The number of aromatic nitrogens is 1. The molecule has 0 amide bonds. The molecule has 1 aromatic carbocycles. The molecular formula is C15H18N2O2S. The second-order valence-corrected chi connectivity index (χ2v) is 6.17. The molecule has 20 heavy (non-hydrogen) atoms. The summed E-state index contributed by atoms with van der Waals surface area (Å²) in [6, 6.07) is 8.27. The Labute approximate surface area is 122 Å². The van der Waals surface area contributed by atoms with Crippen molar-refractivity contribution in [3.8, 4) is 0 Å². The van der Waals surface area contributed by atoms with Crippen LogP contribution in [0.15, 0.2) is 29.6 Å². The Hall–Kier alpha value is -1.88. The number of carboxylic acids is 1. The Kier molecular flexibility index (Phi) is 4.09. The van der Waals surface area contributed by atoms with Crippen LogP contribution in [0.5, 0.6) is 0 Å². The van der Waals surface area contributed by atoms with E-state index in [2.05, 4.69) is 41.5 Å². The summed E-state index contributed by atoms with van der Waals surface area (Å²) in [6.07, 6.45) is 0. The summed E-state index contributed by atoms with van der Waals surface area (Å²) in [6.45, 7) is 6.06. The molecule has 2 aromatic rings. The van der Waals surface area contributed by atoms with Gasteiger partial charge in [-0.15, -0.1) is 11.3 Å². The summed E-state index contributed by atoms with van der Waals surface area (Å²) < 4.78 is 0. The molecule has 0 radical (unpaired) electrons. The third-order valence-corrected chi connectivity index (χ3v) is 4.04. The molecule has 0 aliphatic carbocycles. The summed E-state index contributed by atoms with van der Waals surface area (Å²) >= 11 is 1.43. The summed E-state index contributed by atoms with van der Waals surface area (Å²) in [7, 11) is 0. The first kappa shape index (κ1) is 14.5. The van der Waals surface area contributed by atoms with Crippen molar-refractivity contribution in [3.63, 3.8) is 0 Å². The molecule has 4 nitrogen and oxygen atoms in total. The fourth-order valence-electron chi connectivity index (χ4n) is 1.64. The van der Waals surface area contributed by atoms with Gasteiger partial charge in [0.1, 0.15) is 5.41 Å². The van der Waals surface area contributed by atoms with Crippen molar-refractivity contribution in [1.82, 2.24) is 4.98 Å². The second-order valence-electron chi connectivity index (χ2n) is 5.31. The quantitative estimate of drug-likeness (QED) is 0.885. The van der Waals surface area contributed by atoms with Crippen LogP contribution in [-0.2, 0) is 16.8 Å². The van der Waals surface area contributed by atoms with Crippen molar-refractivity contribution in [3.05, 3.63) is 46.5 Å². The number of hydrogen-bond acceptors (Lipinski definition) is 4. The Morgan fingerprint density at radius 1 is 1.35 bits per heavy atom. The summed E-state index contributed by atoms with van der Waals surface area (Å²) in [5.41, 5.74) is 2.03. The minimum absolute atomic E-state index is 0.585. The lowest BCUT2D eigenvalue weighted by Crippen LogP contribution is -2.28. The number of thiazole rings is 1. The van der Waals surface area contributed by atoms with E-state index in [0.29, 0.717) is 12.2 Å². The van der Waals surface area contributed by atoms with Gasteiger partial charge < -0.3 is 10.4 Å². The number of nitrogens with one attached hydrogen (secondary N) is 1. The van der Waals surface area contributed by atoms with Gasteiger partial charge in [0.25, 0.3) is 0 Å². The first-order valence-electron chi connectivity index (χ1n) is 6.38. The molecule has 0 saturated carbocycles. The SMILES string of the molecule is Cc1ccc(CNc2nc(C(C)(C)C(=O)O)cs2)cc1. The molecule has 1 aromatic heterocycles. The van der Waals surface area contributed by atoms with Crippen LogP contribution in [-0.4, -0.2) is 16.1 Å². The van der Waals surface area contributed by atoms with Gasteiger partial charge in [0.2, 0.25) is 0 Å². The zero-order valence-electron chi connectivity index (χ0n) is 11.8. The lowest BCUT2D eigenvalue weighted by atomic mass is 9.90. The number of aryl methyl sites for hydroxylation is 1. The smallest absolute Gasteiger partial charge is 0.315 e. The molecule has 0 bridgehead atoms. The maximum atomic E-state index is 11.2. The minimum Gasteiger partial charge on any atom is -0.481 e. The standard InChI is InChI=1S/C15H18N2O2S/c1-10-4-6-11(7-5-10)8-16-14-17-12(9-20-14)15(2,3)13(18)19/h4-7,9H,8H2,1-3H3,(H,16,17)(H,18,19). The second kappa shape index (κ2) is 5.63. The van der Waals surface area contributed by atoms with Gasteiger partial charge in [-0.1, -0.05) is 29.8 Å². The highest BCUT2D eigenvalue weighted by Gasteiger charge is 2.32. The van der Waals surface area contributed by atoms with E-state index in [9.17, 15) is 9.90 Å². The van der Waals surface area contributed by atoms with Gasteiger partial charge >= 0.3 is 5.97 Å². The number of anilines is 1. The Balaban J connectivity index is 2.03. The van der Waals surface area contributed by atoms with E-state index < -0.39 is 11.4 Å². The Bertz CT molecular complexity index is 603. The summed E-state index contributed by atoms with van der Waals surface area (Å²) in [5.74, 6) is -0.868. The van der Waals surface area contributed by atoms with Crippen LogP contribution in [0.4, 0.5) is 5.13 Å². The minimum atomic E-state index is -0.958. The molecular weight excluding hydrogens is 272 g/mol. The molecule has 0 spiro atoms. The van der Waals surface area contributed by atoms with Gasteiger partial charge in [0, 0.05) is 11.9 Å². The highest BCUT2D eigenvalue weighted by molar-refractivity contribution is 7.13. The number of hydrogen-bond donors (Lipinski definition) is 2. The fourth-order valence-corrected chi connectivity index (χ4v) is 2.51. The van der Waals surface area contributed by atoms with E-state index in [1.165, 1.54) is 22.5 Å². The van der Waals surface area contributed by atoms with E-state index in [-0.39, 0.29) is 0 Å². The lowest BCUT2D eigenvalue weighted by Gasteiger charge is -2.15. The molecule has 0 saturated heterocycles. The highest BCUT2D eigenvalue weighted by Crippen LogP contribution is 2.27. The van der Waals surface area contributed by atoms with Crippen LogP contribution in [0.1, 0.15) is 30.7 Å². The van der Waals surface area contributed by atoms with Crippen LogP contribution in [0.25, 0.3) is 0 Å². The molecule has 0 fully saturated rings. The predicted molar refractivity (Wildman–Crippen MR) is 81.3 cm³/mol. The van der Waals surface area contributed by atoms with Gasteiger partial charge in [-0.3, -0.25) is 4.79 Å². The lowest BCUT2D eigenvalue weighted by molar-refractivity contribution is -0.142. The Morgan fingerprint density at radius 3 is 2.60 bits per heavy atom. The first-order chi connectivity index (χ1) is 9.39. The van der Waals surface area contributed by atoms with E-state index in [4.69, 9.17) is 0 Å². The first-order valence-corrected chi connectivity index (χ1v) is 7.26. The molecule has 0 aliphatic heterocycles. The number of rotatable bonds is 5. The monoisotopic (exact) mass is 290 g/mol. The van der Waals surface area contributed by atoms with Crippen molar-refractivity contribution in [2.45, 2.75) is 32.7 Å². The maximum absolute atomic E-state index is 11.2. The molecule has 1 heterocycles. The van der Waals surface area contributed by atoms with Crippen molar-refractivity contribution < 1.29 is 9.90 Å². The topological polar surface area (TPSA) is 62.2 Å². The number of benzene rings is 1. The number of carbonyl (C=O) groups is 1. The van der Waals surface area contributed by atoms with Crippen molar-refractivity contribution in [1.29, 1.82) is 0 Å². The van der Waals surface area contributed by atoms with Crippen LogP contribution >= 0.6 is 11.3 Å². The van der Waals surface area contributed by atoms with Crippen LogP contribution in [0, 0.1) is 6.92 Å². The molecule has 0 atom stereocenters. The number of carboxylic acid groups (broad SMARTS) is 1. The van der Waals surface area contributed by atoms with Crippen molar-refractivity contribution >= 4 is 22.4 Å². The van der Waals surface area contributed by atoms with Crippen molar-refractivity contribution in [2.24, 2.45) is 0 Å². The average Bonchev–Trinajstić information content (AvgIpc) is 2.87. The molecule has 0 unspecified atom stereocenters. The predicted octanol–water partition coefficient (Wildman–Crippen LogP) is 3.43. The zero-order valence-corrected chi connectivity index (χ0v) is 12.6. The van der Waals surface area contributed by atoms with Gasteiger partial charge in [-0.2, -0.15) is 0 Å². The molecule has 2 rings (SSSR count). The van der Waals surface area contributed by atoms with Crippen LogP contribution in [0.2, 0.25) is 0 Å². The van der Waals surface area contributed by atoms with Gasteiger partial charge in [-0.25, -0.2) is 4.98 Å². The van der Waals surface area contributed by atoms with Gasteiger partial charge in [-0.05, 0) is 26.3 Å². The van der Waals surface area contributed by atoms with Crippen LogP contribution in [0.3, 0.4) is 0 Å². The van der Waals surface area contributed by atoms with E-state index in [1.807, 2.05) is 0 Å². The fraction of sp³-hybridized carbons (Fsp3) is 0.333. The zero-order chi connectivity index (χ0) is 14.8. The van der Waals surface area contributed by atoms with Crippen molar-refractivity contribution in [2.75, 3.05) is 5.32 Å². The summed E-state index contributed by atoms with van der Waals surface area (Å²) in [5, 5.41) is 15.0. The number of aliphatic carboxylic acids is 1. The third kappa shape index (κ3) is 3.17. The normalized spacial score (nSPS) is 11.3. The van der Waals surface area contributed by atoms with E-state index in [1.54, 1.807) is 19.2 Å². The average molecular weight is 290 g/mol. The van der Waals surface area contributed by atoms with Gasteiger partial charge in [0.15, 0.2) is 5.13 Å². The maximum Gasteiger partial charge on any atom is 0.315 e. The van der Waals surface area contributed by atoms with E-state index in [0.717, 1.165) is 5.13 Å². The highest BCUT2D eigenvalue weighted by atomic mass is 32.1. The molecule has 2 N–H and O–H groups in total. The van der Waals surface area contributed by atoms with Gasteiger partial charge in [0.05, 0.1) is 5.69 Å². The third-order valence-electron chi connectivity index (χ3n) is 3.24. The molecule has 0 aliphatic rings. The van der Waals surface area contributed by atoms with Crippen LogP contribution < -0.4 is 5.32 Å². The summed E-state index contributed by atoms with van der Waals surface area (Å²) in [4.78, 5) is 15.5. The largest absolute Gasteiger partial charge is 0.481 e.